The number of benzene rings is 2. The molecule has 1 aliphatic rings. The molecule has 1 fully saturated rings. The Hall–Kier alpha value is -2.40. The van der Waals surface area contributed by atoms with E-state index in [0.717, 1.165) is 67.9 Å². The zero-order valence-corrected chi connectivity index (χ0v) is 22.2. The van der Waals surface area contributed by atoms with Crippen molar-refractivity contribution in [2.24, 2.45) is 4.99 Å². The van der Waals surface area contributed by atoms with E-state index in [0.29, 0.717) is 12.3 Å². The number of aromatic hydroxyl groups is 1. The van der Waals surface area contributed by atoms with Crippen LogP contribution < -0.4 is 19.5 Å². The summed E-state index contributed by atoms with van der Waals surface area (Å²) in [4.78, 5) is 9.44. The molecule has 0 spiro atoms. The topological polar surface area (TPSA) is 78.8 Å². The number of hydrogen-bond donors (Lipinski definition) is 2. The second-order valence-electron chi connectivity index (χ2n) is 7.61. The van der Waals surface area contributed by atoms with Gasteiger partial charge in [-0.1, -0.05) is 0 Å². The normalized spacial score (nSPS) is 14.4. The van der Waals surface area contributed by atoms with E-state index in [1.807, 2.05) is 24.3 Å². The summed E-state index contributed by atoms with van der Waals surface area (Å²) in [5.74, 6) is 3.50. The van der Waals surface area contributed by atoms with E-state index in [9.17, 15) is 5.11 Å². The number of rotatable bonds is 8. The molecule has 1 heterocycles. The van der Waals surface area contributed by atoms with Gasteiger partial charge in [0.25, 0.3) is 0 Å². The molecule has 1 aliphatic heterocycles. The summed E-state index contributed by atoms with van der Waals surface area (Å²) >= 11 is 0. The molecule has 33 heavy (non-hydrogen) atoms. The number of guanidine groups is 1. The predicted octanol–water partition coefficient (Wildman–Crippen LogP) is 3.32. The van der Waals surface area contributed by atoms with Crippen LogP contribution in [0.5, 0.6) is 23.0 Å². The Balaban J connectivity index is 0.00000385. The van der Waals surface area contributed by atoms with Crippen LogP contribution in [-0.4, -0.2) is 74.9 Å². The maximum absolute atomic E-state index is 10.2. The lowest BCUT2D eigenvalue weighted by molar-refractivity contribution is 0.171. The molecule has 182 valence electrons. The lowest BCUT2D eigenvalue weighted by Crippen LogP contribution is -2.52. The molecular formula is C24H35IN4O4. The fraction of sp³-hybridized carbons (Fsp3) is 0.458. The average Bonchev–Trinajstić information content (AvgIpc) is 2.83. The third-order valence-corrected chi connectivity index (χ3v) is 5.57. The number of hydrogen-bond acceptors (Lipinski definition) is 6. The first-order valence-corrected chi connectivity index (χ1v) is 10.9. The third kappa shape index (κ3) is 7.29. The minimum atomic E-state index is 0. The fourth-order valence-corrected chi connectivity index (χ4v) is 3.77. The third-order valence-electron chi connectivity index (χ3n) is 5.57. The van der Waals surface area contributed by atoms with Crippen LogP contribution in [0.1, 0.15) is 18.1 Å². The molecule has 2 aromatic rings. The quantitative estimate of drug-likeness (QED) is 0.287. The summed E-state index contributed by atoms with van der Waals surface area (Å²) in [5, 5.41) is 13.5. The van der Waals surface area contributed by atoms with Crippen LogP contribution in [0.3, 0.4) is 0 Å². The first-order valence-electron chi connectivity index (χ1n) is 10.9. The summed E-state index contributed by atoms with van der Waals surface area (Å²) in [6.07, 6.45) is 0. The SMILES string of the molecule is CCNC(=NCc1cc(OC)ccc1O)N1CCN(Cc2cc(OC)ccc2OC)CC1.I. The Kier molecular flexibility index (Phi) is 10.9. The minimum Gasteiger partial charge on any atom is -0.508 e. The molecule has 2 N–H and O–H groups in total. The molecule has 0 atom stereocenters. The van der Waals surface area contributed by atoms with Gasteiger partial charge in [-0.3, -0.25) is 4.90 Å². The highest BCUT2D eigenvalue weighted by Crippen LogP contribution is 2.26. The average molecular weight is 570 g/mol. The molecule has 1 saturated heterocycles. The highest BCUT2D eigenvalue weighted by molar-refractivity contribution is 14.0. The lowest BCUT2D eigenvalue weighted by Gasteiger charge is -2.36. The smallest absolute Gasteiger partial charge is 0.194 e. The summed E-state index contributed by atoms with van der Waals surface area (Å²) in [6, 6.07) is 11.1. The summed E-state index contributed by atoms with van der Waals surface area (Å²) in [5.41, 5.74) is 1.86. The summed E-state index contributed by atoms with van der Waals surface area (Å²) < 4.78 is 16.2. The monoisotopic (exact) mass is 570 g/mol. The summed E-state index contributed by atoms with van der Waals surface area (Å²) in [6.45, 7) is 7.58. The van der Waals surface area contributed by atoms with Gasteiger partial charge in [-0.2, -0.15) is 0 Å². The van der Waals surface area contributed by atoms with E-state index in [1.54, 1.807) is 33.5 Å². The van der Waals surface area contributed by atoms with Gasteiger partial charge < -0.3 is 29.5 Å². The van der Waals surface area contributed by atoms with Gasteiger partial charge in [-0.05, 0) is 43.3 Å². The Morgan fingerprint density at radius 2 is 1.58 bits per heavy atom. The van der Waals surface area contributed by atoms with Crippen molar-refractivity contribution < 1.29 is 19.3 Å². The van der Waals surface area contributed by atoms with Gasteiger partial charge in [0, 0.05) is 50.4 Å². The van der Waals surface area contributed by atoms with Gasteiger partial charge >= 0.3 is 0 Å². The second kappa shape index (κ2) is 13.3. The van der Waals surface area contributed by atoms with Crippen molar-refractivity contribution in [2.45, 2.75) is 20.0 Å². The van der Waals surface area contributed by atoms with E-state index in [4.69, 9.17) is 19.2 Å². The van der Waals surface area contributed by atoms with Gasteiger partial charge in [0.1, 0.15) is 23.0 Å². The number of methoxy groups -OCH3 is 3. The van der Waals surface area contributed by atoms with Gasteiger partial charge in [-0.15, -0.1) is 24.0 Å². The van der Waals surface area contributed by atoms with Crippen LogP contribution in [0, 0.1) is 0 Å². The molecular weight excluding hydrogens is 535 g/mol. The number of phenols is 1. The Morgan fingerprint density at radius 1 is 0.939 bits per heavy atom. The molecule has 0 bridgehead atoms. The van der Waals surface area contributed by atoms with E-state index < -0.39 is 0 Å². The van der Waals surface area contributed by atoms with Crippen molar-refractivity contribution in [2.75, 3.05) is 54.1 Å². The van der Waals surface area contributed by atoms with Crippen LogP contribution >= 0.6 is 24.0 Å². The fourth-order valence-electron chi connectivity index (χ4n) is 3.77. The van der Waals surface area contributed by atoms with Crippen LogP contribution in [-0.2, 0) is 13.1 Å². The number of nitrogens with one attached hydrogen (secondary N) is 1. The Morgan fingerprint density at radius 3 is 2.18 bits per heavy atom. The molecule has 0 saturated carbocycles. The van der Waals surface area contributed by atoms with E-state index in [2.05, 4.69) is 22.0 Å². The van der Waals surface area contributed by atoms with E-state index in [1.165, 1.54) is 0 Å². The highest BCUT2D eigenvalue weighted by Gasteiger charge is 2.21. The van der Waals surface area contributed by atoms with Crippen molar-refractivity contribution >= 4 is 29.9 Å². The number of ether oxygens (including phenoxy) is 3. The number of halogens is 1. The number of aliphatic imine (C=N–C) groups is 1. The van der Waals surface area contributed by atoms with E-state index in [-0.39, 0.29) is 29.7 Å². The molecule has 2 aromatic carbocycles. The number of nitrogens with zero attached hydrogens (tertiary/aromatic N) is 3. The van der Waals surface area contributed by atoms with Crippen molar-refractivity contribution in [1.82, 2.24) is 15.1 Å². The second-order valence-corrected chi connectivity index (χ2v) is 7.61. The molecule has 0 amide bonds. The van der Waals surface area contributed by atoms with Crippen LogP contribution in [0.15, 0.2) is 41.4 Å². The molecule has 8 nitrogen and oxygen atoms in total. The summed E-state index contributed by atoms with van der Waals surface area (Å²) in [7, 11) is 4.99. The number of phenolic OH excluding ortho intramolecular Hbond substituents is 1. The molecule has 0 aliphatic carbocycles. The molecule has 3 rings (SSSR count). The van der Waals surface area contributed by atoms with Crippen molar-refractivity contribution in [3.05, 3.63) is 47.5 Å². The van der Waals surface area contributed by atoms with E-state index >= 15 is 0 Å². The van der Waals surface area contributed by atoms with Crippen molar-refractivity contribution in [3.8, 4) is 23.0 Å². The van der Waals surface area contributed by atoms with Crippen LogP contribution in [0.2, 0.25) is 0 Å². The molecule has 0 unspecified atom stereocenters. The van der Waals surface area contributed by atoms with Crippen molar-refractivity contribution in [1.29, 1.82) is 0 Å². The Labute approximate surface area is 213 Å². The zero-order chi connectivity index (χ0) is 22.9. The van der Waals surface area contributed by atoms with Gasteiger partial charge in [0.2, 0.25) is 0 Å². The van der Waals surface area contributed by atoms with Gasteiger partial charge in [-0.25, -0.2) is 4.99 Å². The Bertz CT molecular complexity index is 917. The predicted molar refractivity (Wildman–Crippen MR) is 141 cm³/mol. The highest BCUT2D eigenvalue weighted by atomic mass is 127. The first kappa shape index (κ1) is 26.8. The maximum Gasteiger partial charge on any atom is 0.194 e. The lowest BCUT2D eigenvalue weighted by atomic mass is 10.1. The largest absolute Gasteiger partial charge is 0.508 e. The zero-order valence-electron chi connectivity index (χ0n) is 19.8. The number of piperazine rings is 1. The maximum atomic E-state index is 10.2. The van der Waals surface area contributed by atoms with Crippen molar-refractivity contribution in [3.63, 3.8) is 0 Å². The molecule has 0 radical (unpaired) electrons. The van der Waals surface area contributed by atoms with Crippen LogP contribution in [0.25, 0.3) is 0 Å². The van der Waals surface area contributed by atoms with Crippen LogP contribution in [0.4, 0.5) is 0 Å². The van der Waals surface area contributed by atoms with Gasteiger partial charge in [0.15, 0.2) is 5.96 Å². The first-order chi connectivity index (χ1) is 15.6. The van der Waals surface area contributed by atoms with Gasteiger partial charge in [0.05, 0.1) is 27.9 Å². The molecule has 9 heteroatoms. The minimum absolute atomic E-state index is 0. The standard InChI is InChI=1S/C24H34N4O4.HI/c1-5-25-24(26-16-18-14-20(30-2)6-8-22(18)29)28-12-10-27(11-13-28)17-19-15-21(31-3)7-9-23(19)32-4;/h6-9,14-15,29H,5,10-13,16-17H2,1-4H3,(H,25,26);1H. The molecule has 0 aromatic heterocycles.